The minimum atomic E-state index is 0.744. The van der Waals surface area contributed by atoms with Gasteiger partial charge in [-0.1, -0.05) is 27.7 Å². The van der Waals surface area contributed by atoms with Crippen LogP contribution in [0.25, 0.3) is 0 Å². The summed E-state index contributed by atoms with van der Waals surface area (Å²) in [7, 11) is 0. The number of hydrogen-bond acceptors (Lipinski definition) is 2. The molecule has 0 unspecified atom stereocenters. The van der Waals surface area contributed by atoms with Crippen LogP contribution in [0.2, 0.25) is 0 Å². The third-order valence-electron chi connectivity index (χ3n) is 0.391. The number of rotatable bonds is 3. The second-order valence-corrected chi connectivity index (χ2v) is 2.66. The third-order valence-corrected chi connectivity index (χ3v) is 0.391. The summed E-state index contributed by atoms with van der Waals surface area (Å²) in [6.45, 7) is 12.1. The zero-order chi connectivity index (χ0) is 8.41. The fraction of sp³-hybridized carbons (Fsp3) is 1.00. The first-order valence-corrected chi connectivity index (χ1v) is 3.99. The minimum Gasteiger partial charge on any atom is -0.302 e. The normalized spacial score (nSPS) is 9.00. The van der Waals surface area contributed by atoms with Crippen molar-refractivity contribution in [2.45, 2.75) is 34.6 Å². The highest BCUT2D eigenvalue weighted by Gasteiger charge is 1.69. The van der Waals surface area contributed by atoms with Gasteiger partial charge in [0.15, 0.2) is 0 Å². The van der Waals surface area contributed by atoms with Crippen LogP contribution in [0.5, 0.6) is 0 Å². The first-order chi connectivity index (χ1) is 4.65. The molecule has 0 saturated heterocycles. The van der Waals surface area contributed by atoms with E-state index in [4.69, 9.17) is 4.84 Å². The monoisotopic (exact) mass is 147 g/mol. The fourth-order valence-corrected chi connectivity index (χ4v) is 0.204. The summed E-state index contributed by atoms with van der Waals surface area (Å²) in [4.78, 5) is 4.73. The Balaban J connectivity index is 0. The molecule has 0 spiro atoms. The van der Waals surface area contributed by atoms with E-state index in [1.807, 2.05) is 13.8 Å². The quantitative estimate of drug-likeness (QED) is 0.488. The Bertz CT molecular complexity index is 39.8. The average molecular weight is 147 g/mol. The molecule has 0 amide bonds. The second kappa shape index (κ2) is 11.7. The highest BCUT2D eigenvalue weighted by atomic mass is 16.6. The highest BCUT2D eigenvalue weighted by molar-refractivity contribution is 4.20. The van der Waals surface area contributed by atoms with E-state index in [1.165, 1.54) is 0 Å². The molecule has 0 radical (unpaired) electrons. The zero-order valence-electron chi connectivity index (χ0n) is 7.90. The lowest BCUT2D eigenvalue weighted by atomic mass is 10.3. The van der Waals surface area contributed by atoms with Crippen molar-refractivity contribution < 1.29 is 4.84 Å². The van der Waals surface area contributed by atoms with E-state index in [2.05, 4.69) is 26.3 Å². The molecule has 0 fully saturated rings. The molecule has 0 aromatic carbocycles. The second-order valence-electron chi connectivity index (χ2n) is 2.66. The van der Waals surface area contributed by atoms with E-state index in [0.29, 0.717) is 0 Å². The van der Waals surface area contributed by atoms with Crippen molar-refractivity contribution in [3.63, 3.8) is 0 Å². The molecule has 0 saturated carbocycles. The summed E-state index contributed by atoms with van der Waals surface area (Å²) in [6, 6.07) is 0. The molecule has 0 bridgehead atoms. The number of hydrogen-bond donors (Lipinski definition) is 1. The number of hydroxylamine groups is 1. The fourth-order valence-electron chi connectivity index (χ4n) is 0.204. The van der Waals surface area contributed by atoms with Crippen molar-refractivity contribution in [2.75, 3.05) is 13.2 Å². The van der Waals surface area contributed by atoms with Gasteiger partial charge in [0.05, 0.1) is 6.61 Å². The van der Waals surface area contributed by atoms with Crippen LogP contribution in [0.1, 0.15) is 34.6 Å². The number of nitrogens with one attached hydrogen (secondary N) is 1. The highest BCUT2D eigenvalue weighted by Crippen LogP contribution is 1.81. The van der Waals surface area contributed by atoms with Crippen LogP contribution >= 0.6 is 0 Å². The van der Waals surface area contributed by atoms with Crippen LogP contribution in [0.15, 0.2) is 0 Å². The van der Waals surface area contributed by atoms with Crippen molar-refractivity contribution in [1.29, 1.82) is 0 Å². The van der Waals surface area contributed by atoms with Gasteiger partial charge in [0.25, 0.3) is 0 Å². The Kier molecular flexibility index (Phi) is 14.7. The van der Waals surface area contributed by atoms with Crippen molar-refractivity contribution in [3.8, 4) is 0 Å². The molecular weight excluding hydrogens is 126 g/mol. The Labute approximate surface area is 64.9 Å². The van der Waals surface area contributed by atoms with Crippen LogP contribution in [0.3, 0.4) is 0 Å². The van der Waals surface area contributed by atoms with Crippen LogP contribution < -0.4 is 5.48 Å². The summed E-state index contributed by atoms with van der Waals surface area (Å²) in [5.74, 6) is 0.833. The largest absolute Gasteiger partial charge is 0.302 e. The summed E-state index contributed by atoms with van der Waals surface area (Å²) in [5, 5.41) is 0. The van der Waals surface area contributed by atoms with Gasteiger partial charge in [-0.3, -0.25) is 0 Å². The summed E-state index contributed by atoms with van der Waals surface area (Å²) in [5.41, 5.74) is 2.70. The maximum atomic E-state index is 4.73. The predicted molar refractivity (Wildman–Crippen MR) is 45.8 cm³/mol. The molecule has 64 valence electrons. The summed E-state index contributed by atoms with van der Waals surface area (Å²) >= 11 is 0. The Hall–Kier alpha value is -0.0800. The maximum Gasteiger partial charge on any atom is 0.0653 e. The van der Waals surface area contributed by atoms with E-state index in [9.17, 15) is 0 Å². The topological polar surface area (TPSA) is 21.3 Å². The standard InChI is InChI=1S/C4H11NO.C4H10/c1-3-5-6-4-2;1-4(2)3/h5H,3-4H2,1-2H3;4H,1-3H3. The van der Waals surface area contributed by atoms with Gasteiger partial charge in [-0.05, 0) is 12.8 Å². The van der Waals surface area contributed by atoms with Crippen molar-refractivity contribution >= 4 is 0 Å². The van der Waals surface area contributed by atoms with Crippen molar-refractivity contribution in [2.24, 2.45) is 5.92 Å². The van der Waals surface area contributed by atoms with Crippen molar-refractivity contribution in [3.05, 3.63) is 0 Å². The molecular formula is C8H21NO. The molecule has 0 heterocycles. The molecule has 1 N–H and O–H groups in total. The smallest absolute Gasteiger partial charge is 0.0653 e. The van der Waals surface area contributed by atoms with E-state index in [0.717, 1.165) is 19.1 Å². The summed E-state index contributed by atoms with van der Waals surface area (Å²) in [6.07, 6.45) is 0. The first-order valence-electron chi connectivity index (χ1n) is 3.99. The lowest BCUT2D eigenvalue weighted by Crippen LogP contribution is -2.12. The lowest BCUT2D eigenvalue weighted by molar-refractivity contribution is 0.0547. The lowest BCUT2D eigenvalue weighted by Gasteiger charge is -1.94. The van der Waals surface area contributed by atoms with Crippen LogP contribution in [-0.4, -0.2) is 13.2 Å². The molecule has 10 heavy (non-hydrogen) atoms. The van der Waals surface area contributed by atoms with Crippen molar-refractivity contribution in [1.82, 2.24) is 5.48 Å². The SMILES string of the molecule is CC(C)C.CCNOCC. The Morgan fingerprint density at radius 2 is 1.60 bits per heavy atom. The van der Waals surface area contributed by atoms with Crippen LogP contribution in [-0.2, 0) is 4.84 Å². The summed E-state index contributed by atoms with van der Waals surface area (Å²) < 4.78 is 0. The first kappa shape index (κ1) is 12.6. The molecule has 0 atom stereocenters. The Morgan fingerprint density at radius 1 is 1.20 bits per heavy atom. The van der Waals surface area contributed by atoms with E-state index >= 15 is 0 Å². The molecule has 0 aliphatic carbocycles. The van der Waals surface area contributed by atoms with Crippen LogP contribution in [0.4, 0.5) is 0 Å². The van der Waals surface area contributed by atoms with Gasteiger partial charge < -0.3 is 4.84 Å². The van der Waals surface area contributed by atoms with Gasteiger partial charge in [0.2, 0.25) is 0 Å². The van der Waals surface area contributed by atoms with Gasteiger partial charge in [-0.15, -0.1) is 0 Å². The maximum absolute atomic E-state index is 4.73. The zero-order valence-corrected chi connectivity index (χ0v) is 7.90. The van der Waals surface area contributed by atoms with Gasteiger partial charge in [0, 0.05) is 6.54 Å². The van der Waals surface area contributed by atoms with Gasteiger partial charge in [0.1, 0.15) is 0 Å². The Morgan fingerprint density at radius 3 is 1.70 bits per heavy atom. The van der Waals surface area contributed by atoms with E-state index < -0.39 is 0 Å². The molecule has 0 aliphatic rings. The minimum absolute atomic E-state index is 0.744. The molecule has 2 heteroatoms. The molecule has 0 aliphatic heterocycles. The van der Waals surface area contributed by atoms with Gasteiger partial charge in [-0.25, -0.2) is 5.48 Å². The third kappa shape index (κ3) is 44.5. The van der Waals surface area contributed by atoms with E-state index in [-0.39, 0.29) is 0 Å². The van der Waals surface area contributed by atoms with Gasteiger partial charge >= 0.3 is 0 Å². The predicted octanol–water partition coefficient (Wildman–Crippen LogP) is 2.21. The molecule has 0 aromatic heterocycles. The van der Waals surface area contributed by atoms with E-state index in [1.54, 1.807) is 0 Å². The molecule has 0 aromatic rings. The van der Waals surface area contributed by atoms with Crippen LogP contribution in [0, 0.1) is 5.92 Å². The van der Waals surface area contributed by atoms with Gasteiger partial charge in [-0.2, -0.15) is 0 Å². The average Bonchev–Trinajstić information content (AvgIpc) is 1.82. The molecule has 0 rings (SSSR count). The molecule has 2 nitrogen and oxygen atoms in total.